The number of quaternary nitrogens is 1. The summed E-state index contributed by atoms with van der Waals surface area (Å²) in [5, 5.41) is 0. The molecule has 0 bridgehead atoms. The Labute approximate surface area is 353 Å². The van der Waals surface area contributed by atoms with E-state index in [0.29, 0.717) is 0 Å². The molecule has 0 N–H and O–H groups in total. The quantitative estimate of drug-likeness (QED) is 0.0368. The second-order valence-electron chi connectivity index (χ2n) is 18.7. The van der Waals surface area contributed by atoms with Crippen LogP contribution < -0.4 is 10.9 Å². The minimum atomic E-state index is -0.713. The molecule has 0 unspecified atom stereocenters. The van der Waals surface area contributed by atoms with E-state index in [1.165, 1.54) is 234 Å². The molecule has 56 heavy (non-hydrogen) atoms. The standard InChI is InChI=1S/C38H64B.C16H36N/c1-5-7-9-11-13-15-17-19-21-23-33-39(37-29-25-35(3)26-30-37,38-31-27-36(4)28-32-38)34-24-22-20-18-16-14-12-10-8-6-2;1-5-9-13-17(14-10-6-2,15-11-7-3)16-12-8-4/h25-32H,5-24,33-34H2,1-4H3;5-16H2,1-4H3/q-1;+1. The van der Waals surface area contributed by atoms with E-state index in [4.69, 9.17) is 0 Å². The summed E-state index contributed by atoms with van der Waals surface area (Å²) in [4.78, 5) is 0. The maximum absolute atomic E-state index is 2.47. The van der Waals surface area contributed by atoms with Crippen LogP contribution in [-0.4, -0.2) is 36.8 Å². The van der Waals surface area contributed by atoms with E-state index in [1.54, 1.807) is 10.9 Å². The molecule has 0 atom stereocenters. The zero-order valence-corrected chi connectivity index (χ0v) is 39.7. The van der Waals surface area contributed by atoms with Crippen molar-refractivity contribution in [2.75, 3.05) is 26.2 Å². The van der Waals surface area contributed by atoms with E-state index >= 15 is 0 Å². The molecule has 1 nitrogen and oxygen atoms in total. The first kappa shape index (κ1) is 52.5. The molecule has 0 aliphatic rings. The van der Waals surface area contributed by atoms with Crippen molar-refractivity contribution < 1.29 is 4.48 Å². The number of hydrogen-bond acceptors (Lipinski definition) is 0. The number of benzene rings is 2. The number of nitrogens with zero attached hydrogens (tertiary/aromatic N) is 1. The summed E-state index contributed by atoms with van der Waals surface area (Å²) < 4.78 is 1.42. The molecule has 2 aromatic rings. The van der Waals surface area contributed by atoms with Gasteiger partial charge in [-0.1, -0.05) is 255 Å². The van der Waals surface area contributed by atoms with Gasteiger partial charge in [-0.2, -0.15) is 12.6 Å². The highest BCUT2D eigenvalue weighted by Gasteiger charge is 2.27. The predicted octanol–water partition coefficient (Wildman–Crippen LogP) is 16.7. The van der Waals surface area contributed by atoms with Crippen LogP contribution in [0.1, 0.15) is 232 Å². The second kappa shape index (κ2) is 35.4. The van der Waals surface area contributed by atoms with Gasteiger partial charge in [0.15, 0.2) is 0 Å². The van der Waals surface area contributed by atoms with Gasteiger partial charge in [0, 0.05) is 0 Å². The lowest BCUT2D eigenvalue weighted by molar-refractivity contribution is -0.929. The van der Waals surface area contributed by atoms with Crippen LogP contribution in [0.5, 0.6) is 0 Å². The first-order valence-corrected chi connectivity index (χ1v) is 25.5. The van der Waals surface area contributed by atoms with Crippen LogP contribution in [0, 0.1) is 13.8 Å². The molecule has 2 rings (SSSR count). The monoisotopic (exact) mass is 774 g/mol. The first-order chi connectivity index (χ1) is 27.4. The molecule has 2 aromatic carbocycles. The predicted molar refractivity (Wildman–Crippen MR) is 260 cm³/mol. The second-order valence-corrected chi connectivity index (χ2v) is 18.7. The summed E-state index contributed by atoms with van der Waals surface area (Å²) in [7, 11) is 0. The molecular weight excluding hydrogens is 673 g/mol. The summed E-state index contributed by atoms with van der Waals surface area (Å²) in [5.74, 6) is 0. The van der Waals surface area contributed by atoms with E-state index < -0.39 is 6.15 Å². The molecule has 0 saturated carbocycles. The van der Waals surface area contributed by atoms with Crippen LogP contribution in [0.2, 0.25) is 12.6 Å². The van der Waals surface area contributed by atoms with Crippen molar-refractivity contribution in [1.29, 1.82) is 0 Å². The number of aryl methyl sites for hydroxylation is 2. The maximum Gasteiger partial charge on any atom is 0.0786 e. The van der Waals surface area contributed by atoms with Gasteiger partial charge in [0.2, 0.25) is 0 Å². The van der Waals surface area contributed by atoms with Crippen LogP contribution in [0.25, 0.3) is 0 Å². The van der Waals surface area contributed by atoms with E-state index in [0.717, 1.165) is 0 Å². The molecule has 324 valence electrons. The van der Waals surface area contributed by atoms with Gasteiger partial charge in [0.1, 0.15) is 0 Å². The average Bonchev–Trinajstić information content (AvgIpc) is 3.22. The Kier molecular flexibility index (Phi) is 33.2. The van der Waals surface area contributed by atoms with Gasteiger partial charge in [0.25, 0.3) is 0 Å². The smallest absolute Gasteiger partial charge is 0.0786 e. The molecule has 2 heteroatoms. The van der Waals surface area contributed by atoms with E-state index in [9.17, 15) is 0 Å². The zero-order valence-electron chi connectivity index (χ0n) is 39.7. The van der Waals surface area contributed by atoms with Crippen LogP contribution in [0.4, 0.5) is 0 Å². The number of hydrogen-bond donors (Lipinski definition) is 0. The summed E-state index contributed by atoms with van der Waals surface area (Å²) in [6, 6.07) is 19.3. The fourth-order valence-electron chi connectivity index (χ4n) is 9.48. The lowest BCUT2D eigenvalue weighted by Gasteiger charge is -2.43. The van der Waals surface area contributed by atoms with Crippen molar-refractivity contribution in [3.05, 3.63) is 59.7 Å². The zero-order chi connectivity index (χ0) is 41.0. The largest absolute Gasteiger partial charge is 0.324 e. The van der Waals surface area contributed by atoms with Crippen molar-refractivity contribution in [2.45, 2.75) is 248 Å². The molecule has 0 fully saturated rings. The van der Waals surface area contributed by atoms with Gasteiger partial charge in [-0.25, -0.2) is 10.9 Å². The van der Waals surface area contributed by atoms with Gasteiger partial charge in [0.05, 0.1) is 32.3 Å². The topological polar surface area (TPSA) is 0 Å². The van der Waals surface area contributed by atoms with Crippen LogP contribution >= 0.6 is 0 Å². The van der Waals surface area contributed by atoms with Crippen LogP contribution in [0.3, 0.4) is 0 Å². The third-order valence-electron chi connectivity index (χ3n) is 13.5. The molecule has 0 aromatic heterocycles. The minimum absolute atomic E-state index is 0.713. The Balaban J connectivity index is 0.000000774. The minimum Gasteiger partial charge on any atom is -0.324 e. The van der Waals surface area contributed by atoms with Gasteiger partial charge < -0.3 is 4.48 Å². The lowest BCUT2D eigenvalue weighted by atomic mass is 9.15. The highest BCUT2D eigenvalue weighted by Crippen LogP contribution is 2.26. The SMILES string of the molecule is CCCCCCCCCCCC[B-](CCCCCCCCCCCC)(c1ccc(C)cc1)c1ccc(C)cc1.CCCC[N+](CCCC)(CCCC)CCCC. The molecule has 0 aliphatic carbocycles. The molecule has 0 radical (unpaired) electrons. The van der Waals surface area contributed by atoms with Gasteiger partial charge in [-0.3, -0.25) is 0 Å². The summed E-state index contributed by atoms with van der Waals surface area (Å²) in [6.45, 7) is 24.1. The van der Waals surface area contributed by atoms with Gasteiger partial charge in [-0.05, 0) is 39.5 Å². The van der Waals surface area contributed by atoms with Crippen molar-refractivity contribution in [3.8, 4) is 0 Å². The average molecular weight is 774 g/mol. The van der Waals surface area contributed by atoms with Gasteiger partial charge >= 0.3 is 0 Å². The molecule has 0 saturated heterocycles. The fourth-order valence-corrected chi connectivity index (χ4v) is 9.48. The Morgan fingerprint density at radius 1 is 0.304 bits per heavy atom. The summed E-state index contributed by atoms with van der Waals surface area (Å²) >= 11 is 0. The van der Waals surface area contributed by atoms with E-state index in [-0.39, 0.29) is 0 Å². The molecular formula is C54H100BN. The fraction of sp³-hybridized carbons (Fsp3) is 0.778. The Hall–Kier alpha value is -1.54. The van der Waals surface area contributed by atoms with Crippen molar-refractivity contribution in [3.63, 3.8) is 0 Å². The highest BCUT2D eigenvalue weighted by atomic mass is 15.3. The third-order valence-corrected chi connectivity index (χ3v) is 13.5. The molecule has 0 aliphatic heterocycles. The first-order valence-electron chi connectivity index (χ1n) is 25.5. The highest BCUT2D eigenvalue weighted by molar-refractivity contribution is 7.02. The molecule has 0 spiro atoms. The maximum atomic E-state index is 2.47. The lowest BCUT2D eigenvalue weighted by Crippen LogP contribution is -2.58. The van der Waals surface area contributed by atoms with Crippen molar-refractivity contribution >= 4 is 17.1 Å². The normalized spacial score (nSPS) is 11.9. The Morgan fingerprint density at radius 3 is 0.786 bits per heavy atom. The van der Waals surface area contributed by atoms with Crippen molar-refractivity contribution in [1.82, 2.24) is 0 Å². The third kappa shape index (κ3) is 23.8. The van der Waals surface area contributed by atoms with Crippen molar-refractivity contribution in [2.24, 2.45) is 0 Å². The number of unbranched alkanes of at least 4 members (excludes halogenated alkanes) is 22. The number of rotatable bonds is 36. The van der Waals surface area contributed by atoms with Gasteiger partial charge in [-0.15, -0.1) is 0 Å². The van der Waals surface area contributed by atoms with E-state index in [1.807, 2.05) is 0 Å². The Bertz CT molecular complexity index is 995. The molecule has 0 heterocycles. The molecule has 0 amide bonds. The Morgan fingerprint density at radius 2 is 0.536 bits per heavy atom. The summed E-state index contributed by atoms with van der Waals surface area (Å²) in [5.41, 5.74) is 5.98. The summed E-state index contributed by atoms with van der Waals surface area (Å²) in [6.07, 6.45) is 41.3. The van der Waals surface area contributed by atoms with Crippen LogP contribution in [0.15, 0.2) is 48.5 Å². The van der Waals surface area contributed by atoms with E-state index in [2.05, 4.69) is 104 Å². The van der Waals surface area contributed by atoms with Crippen LogP contribution in [-0.2, 0) is 0 Å².